The zero-order chi connectivity index (χ0) is 26.5. The monoisotopic (exact) mass is 546 g/mol. The lowest BCUT2D eigenvalue weighted by Gasteiger charge is -2.19. The van der Waals surface area contributed by atoms with Crippen LogP contribution in [0, 0.1) is 0 Å². The first kappa shape index (κ1) is 27.3. The van der Waals surface area contributed by atoms with Gasteiger partial charge in [0.05, 0.1) is 31.2 Å². The number of aromatic nitrogens is 1. The molecule has 0 spiro atoms. The predicted molar refractivity (Wildman–Crippen MR) is 142 cm³/mol. The minimum atomic E-state index is -3.78. The van der Waals surface area contributed by atoms with Gasteiger partial charge in [0.1, 0.15) is 17.1 Å². The maximum Gasteiger partial charge on any atom is 0.334 e. The van der Waals surface area contributed by atoms with E-state index in [1.165, 1.54) is 0 Å². The molecule has 3 N–H and O–H groups in total. The second-order valence-electron chi connectivity index (χ2n) is 9.07. The molecule has 37 heavy (non-hydrogen) atoms. The molecule has 1 saturated carbocycles. The van der Waals surface area contributed by atoms with Gasteiger partial charge in [0.2, 0.25) is 0 Å². The van der Waals surface area contributed by atoms with Crippen molar-refractivity contribution < 1.29 is 33.4 Å². The Morgan fingerprint density at radius 1 is 1.22 bits per heavy atom. The SMILES string of the molecule is CCOP(=O)(O)Cc1csc(NC(=O)c2cc(O[C@@H](C)Cc3ccccc3)cc(OC3(CO)CC3)c2)n1. The fourth-order valence-electron chi connectivity index (χ4n) is 3.79. The number of carbonyl (C=O) groups is 1. The number of hydrogen-bond acceptors (Lipinski definition) is 8. The van der Waals surface area contributed by atoms with Crippen LogP contribution < -0.4 is 14.8 Å². The lowest BCUT2D eigenvalue weighted by atomic mass is 10.1. The van der Waals surface area contributed by atoms with Gasteiger partial charge < -0.3 is 24.0 Å². The summed E-state index contributed by atoms with van der Waals surface area (Å²) in [6, 6.07) is 14.9. The molecule has 0 bridgehead atoms. The number of aliphatic hydroxyl groups is 1. The maximum absolute atomic E-state index is 13.1. The number of amides is 1. The van der Waals surface area contributed by atoms with Gasteiger partial charge in [-0.3, -0.25) is 14.7 Å². The predicted octanol–water partition coefficient (Wildman–Crippen LogP) is 5.03. The van der Waals surface area contributed by atoms with Gasteiger partial charge in [-0.1, -0.05) is 30.3 Å². The van der Waals surface area contributed by atoms with Crippen molar-refractivity contribution in [3.63, 3.8) is 0 Å². The summed E-state index contributed by atoms with van der Waals surface area (Å²) < 4.78 is 29.1. The third-order valence-corrected chi connectivity index (χ3v) is 7.93. The molecule has 1 aliphatic carbocycles. The van der Waals surface area contributed by atoms with Gasteiger partial charge in [0.25, 0.3) is 5.91 Å². The topological polar surface area (TPSA) is 127 Å². The summed E-state index contributed by atoms with van der Waals surface area (Å²) in [6.45, 7) is 3.60. The van der Waals surface area contributed by atoms with Crippen molar-refractivity contribution in [2.45, 2.75) is 51.0 Å². The Hall–Kier alpha value is -2.75. The first-order valence-corrected chi connectivity index (χ1v) is 14.7. The Kier molecular flexibility index (Phi) is 8.67. The largest absolute Gasteiger partial charge is 0.490 e. The molecular weight excluding hydrogens is 515 g/mol. The number of rotatable bonds is 13. The molecule has 1 heterocycles. The van der Waals surface area contributed by atoms with Crippen LogP contribution in [0.2, 0.25) is 0 Å². The quantitative estimate of drug-likeness (QED) is 0.255. The van der Waals surface area contributed by atoms with E-state index in [-0.39, 0.29) is 30.6 Å². The van der Waals surface area contributed by atoms with Crippen molar-refractivity contribution >= 4 is 30.0 Å². The summed E-state index contributed by atoms with van der Waals surface area (Å²) in [4.78, 5) is 27.2. The molecule has 1 aromatic heterocycles. The normalized spacial score (nSPS) is 16.4. The van der Waals surface area contributed by atoms with E-state index >= 15 is 0 Å². The van der Waals surface area contributed by atoms with Crippen LogP contribution in [0.15, 0.2) is 53.9 Å². The number of thiazole rings is 1. The fourth-order valence-corrected chi connectivity index (χ4v) is 5.69. The van der Waals surface area contributed by atoms with E-state index in [4.69, 9.17) is 14.0 Å². The van der Waals surface area contributed by atoms with Crippen molar-refractivity contribution in [2.75, 3.05) is 18.5 Å². The molecule has 198 valence electrons. The molecule has 2 atom stereocenters. The molecule has 3 aromatic rings. The van der Waals surface area contributed by atoms with Crippen LogP contribution in [0.5, 0.6) is 11.5 Å². The highest BCUT2D eigenvalue weighted by atomic mass is 32.1. The number of ether oxygens (including phenoxy) is 2. The Morgan fingerprint density at radius 2 is 1.95 bits per heavy atom. The van der Waals surface area contributed by atoms with Gasteiger partial charge >= 0.3 is 7.60 Å². The maximum atomic E-state index is 13.1. The Morgan fingerprint density at radius 3 is 2.62 bits per heavy atom. The standard InChI is InChI=1S/C26H31N2O7PS/c1-3-33-36(31,32)15-21-16-37-25(27-21)28-24(30)20-12-22(14-23(13-20)35-26(17-29)9-10-26)34-18(2)11-19-7-5-4-6-8-19/h4-8,12-14,16,18,29H,3,9-11,15,17H2,1-2H3,(H,31,32)(H,27,28,30)/t18-/m0/s1. The van der Waals surface area contributed by atoms with Crippen LogP contribution in [0.1, 0.15) is 48.3 Å². The molecule has 0 saturated heterocycles. The molecule has 1 unspecified atom stereocenters. The van der Waals surface area contributed by atoms with Crippen LogP contribution in [0.25, 0.3) is 0 Å². The number of nitrogens with zero attached hydrogens (tertiary/aromatic N) is 1. The van der Waals surface area contributed by atoms with Crippen LogP contribution in [0.4, 0.5) is 5.13 Å². The zero-order valence-electron chi connectivity index (χ0n) is 20.8. The lowest BCUT2D eigenvalue weighted by Crippen LogP contribution is -2.23. The second-order valence-corrected chi connectivity index (χ2v) is 11.8. The highest BCUT2D eigenvalue weighted by Crippen LogP contribution is 2.45. The molecule has 0 radical (unpaired) electrons. The molecule has 11 heteroatoms. The molecular formula is C26H31N2O7PS. The number of anilines is 1. The van der Waals surface area contributed by atoms with Gasteiger partial charge in [-0.15, -0.1) is 11.3 Å². The highest BCUT2D eigenvalue weighted by Gasteiger charge is 2.45. The van der Waals surface area contributed by atoms with E-state index in [0.29, 0.717) is 29.2 Å². The van der Waals surface area contributed by atoms with Crippen molar-refractivity contribution in [1.82, 2.24) is 4.98 Å². The third-order valence-electron chi connectivity index (χ3n) is 5.74. The van der Waals surface area contributed by atoms with Crippen LogP contribution in [0.3, 0.4) is 0 Å². The highest BCUT2D eigenvalue weighted by molar-refractivity contribution is 7.52. The fraction of sp³-hybridized carbons (Fsp3) is 0.385. The van der Waals surface area contributed by atoms with Crippen LogP contribution in [-0.2, 0) is 21.7 Å². The smallest absolute Gasteiger partial charge is 0.334 e. The third kappa shape index (κ3) is 7.87. The number of benzene rings is 2. The summed E-state index contributed by atoms with van der Waals surface area (Å²) in [7, 11) is -3.78. The van der Waals surface area contributed by atoms with Gasteiger partial charge in [-0.05, 0) is 44.4 Å². The van der Waals surface area contributed by atoms with E-state index in [0.717, 1.165) is 29.7 Å². The number of hydrogen-bond donors (Lipinski definition) is 3. The van der Waals surface area contributed by atoms with Crippen LogP contribution >= 0.6 is 18.9 Å². The first-order chi connectivity index (χ1) is 17.7. The molecule has 1 fully saturated rings. The van der Waals surface area contributed by atoms with Crippen molar-refractivity contribution in [1.29, 1.82) is 0 Å². The molecule has 1 amide bonds. The van der Waals surface area contributed by atoms with E-state index in [1.54, 1.807) is 30.5 Å². The second kappa shape index (κ2) is 11.8. The molecule has 0 aliphatic heterocycles. The Balaban J connectivity index is 1.50. The lowest BCUT2D eigenvalue weighted by molar-refractivity contribution is 0.0940. The van der Waals surface area contributed by atoms with E-state index < -0.39 is 19.1 Å². The zero-order valence-corrected chi connectivity index (χ0v) is 22.5. The molecule has 2 aromatic carbocycles. The molecule has 9 nitrogen and oxygen atoms in total. The summed E-state index contributed by atoms with van der Waals surface area (Å²) >= 11 is 1.15. The summed E-state index contributed by atoms with van der Waals surface area (Å²) in [5.41, 5.74) is 1.17. The molecule has 4 rings (SSSR count). The average Bonchev–Trinajstić information content (AvgIpc) is 3.49. The Labute approximate surface area is 220 Å². The van der Waals surface area contributed by atoms with E-state index in [2.05, 4.69) is 10.3 Å². The average molecular weight is 547 g/mol. The van der Waals surface area contributed by atoms with Gasteiger partial charge in [0.15, 0.2) is 5.13 Å². The minimum Gasteiger partial charge on any atom is -0.490 e. The molecule has 1 aliphatic rings. The van der Waals surface area contributed by atoms with Crippen molar-refractivity contribution in [2.24, 2.45) is 0 Å². The van der Waals surface area contributed by atoms with Crippen LogP contribution in [-0.4, -0.2) is 45.8 Å². The van der Waals surface area contributed by atoms with Crippen molar-refractivity contribution in [3.8, 4) is 11.5 Å². The number of nitrogens with one attached hydrogen (secondary N) is 1. The number of aliphatic hydroxyl groups excluding tert-OH is 1. The summed E-state index contributed by atoms with van der Waals surface area (Å²) in [5.74, 6) is 0.467. The Bertz CT molecular complexity index is 1260. The summed E-state index contributed by atoms with van der Waals surface area (Å²) in [6.07, 6.45) is 1.75. The number of carbonyl (C=O) groups excluding carboxylic acids is 1. The van der Waals surface area contributed by atoms with Gasteiger partial charge in [-0.2, -0.15) is 0 Å². The van der Waals surface area contributed by atoms with Crippen molar-refractivity contribution in [3.05, 3.63) is 70.7 Å². The summed E-state index contributed by atoms with van der Waals surface area (Å²) in [5, 5.41) is 14.3. The minimum absolute atomic E-state index is 0.109. The van der Waals surface area contributed by atoms with E-state index in [1.807, 2.05) is 37.3 Å². The first-order valence-electron chi connectivity index (χ1n) is 12.1. The van der Waals surface area contributed by atoms with E-state index in [9.17, 15) is 19.4 Å². The van der Waals surface area contributed by atoms with Gasteiger partial charge in [-0.25, -0.2) is 4.98 Å². The van der Waals surface area contributed by atoms with Gasteiger partial charge in [0, 0.05) is 23.4 Å².